The lowest BCUT2D eigenvalue weighted by atomic mass is 10.1. The van der Waals surface area contributed by atoms with Crippen LogP contribution in [0, 0.1) is 0 Å². The van der Waals surface area contributed by atoms with E-state index in [-0.39, 0.29) is 0 Å². The van der Waals surface area contributed by atoms with Gasteiger partial charge in [0.1, 0.15) is 0 Å². The Morgan fingerprint density at radius 2 is 0.725 bits per heavy atom. The van der Waals surface area contributed by atoms with Crippen molar-refractivity contribution in [2.45, 2.75) is 121 Å². The molecule has 0 aromatic carbocycles. The molecule has 0 bridgehead atoms. The number of allylic oxidation sites excluding steroid dienone is 22. The third kappa shape index (κ3) is 25.4. The number of hydrogen-bond donors (Lipinski definition) is 0. The van der Waals surface area contributed by atoms with Crippen LogP contribution in [-0.2, 0) is 0 Å². The van der Waals surface area contributed by atoms with Crippen LogP contribution in [0.5, 0.6) is 0 Å². The molecular formula is C40H60. The SMILES string of the molecule is CC(C)=CCC/C(C)=C/C=C/C(C)=C/CC/C(C)=C/C=C/C=C(C)/C=C/C=C(\C)CC/C=C(\C)CCC=C(C)C. The average molecular weight is 541 g/mol. The van der Waals surface area contributed by atoms with Crippen LogP contribution in [0.3, 0.4) is 0 Å². The summed E-state index contributed by atoms with van der Waals surface area (Å²) in [5.74, 6) is 0. The van der Waals surface area contributed by atoms with Crippen molar-refractivity contribution in [3.63, 3.8) is 0 Å². The maximum Gasteiger partial charge on any atom is -0.0285 e. The van der Waals surface area contributed by atoms with Gasteiger partial charge in [0, 0.05) is 0 Å². The fourth-order valence-corrected chi connectivity index (χ4v) is 3.88. The molecule has 0 saturated heterocycles. The molecule has 0 atom stereocenters. The van der Waals surface area contributed by atoms with Gasteiger partial charge in [0.2, 0.25) is 0 Å². The van der Waals surface area contributed by atoms with Crippen LogP contribution in [0.2, 0.25) is 0 Å². The molecule has 0 radical (unpaired) electrons. The van der Waals surface area contributed by atoms with Crippen molar-refractivity contribution in [1.29, 1.82) is 0 Å². The first kappa shape index (κ1) is 37.1. The highest BCUT2D eigenvalue weighted by Gasteiger charge is 1.92. The minimum absolute atomic E-state index is 1.07. The zero-order valence-corrected chi connectivity index (χ0v) is 27.7. The molecule has 0 saturated carbocycles. The van der Waals surface area contributed by atoms with Crippen molar-refractivity contribution in [1.82, 2.24) is 0 Å². The summed E-state index contributed by atoms with van der Waals surface area (Å²) >= 11 is 0. The van der Waals surface area contributed by atoms with Crippen molar-refractivity contribution in [2.75, 3.05) is 0 Å². The number of rotatable bonds is 18. The molecule has 40 heavy (non-hydrogen) atoms. The summed E-state index contributed by atoms with van der Waals surface area (Å²) in [5.41, 5.74) is 11.1. The maximum absolute atomic E-state index is 2.40. The Morgan fingerprint density at radius 1 is 0.350 bits per heavy atom. The minimum Gasteiger partial charge on any atom is -0.0856 e. The quantitative estimate of drug-likeness (QED) is 0.120. The molecule has 0 aliphatic rings. The summed E-state index contributed by atoms with van der Waals surface area (Å²) < 4.78 is 0. The standard InChI is InChI=1S/C40H60/c1-33(2)19-13-23-37(7)27-17-31-39(9)29-15-25-35(5)21-11-12-22-36(6)26-16-30-40(10)32-18-28-38(8)24-14-20-34(3)4/h11-12,15,18-22,25,27-30,32H,13-14,16-17,23-24,26,31H2,1-10H3/b12-11+,25-15+,32-18+,35-21+,36-22+,37-27+,38-28+,39-29+,40-30+. The Labute approximate surface area is 249 Å². The van der Waals surface area contributed by atoms with E-state index in [0.29, 0.717) is 0 Å². The molecule has 0 aliphatic heterocycles. The van der Waals surface area contributed by atoms with Gasteiger partial charge in [-0.15, -0.1) is 0 Å². The highest BCUT2D eigenvalue weighted by Crippen LogP contribution is 2.12. The van der Waals surface area contributed by atoms with Gasteiger partial charge < -0.3 is 0 Å². The zero-order valence-electron chi connectivity index (χ0n) is 27.7. The summed E-state index contributed by atoms with van der Waals surface area (Å²) in [6, 6.07) is 0. The fourth-order valence-electron chi connectivity index (χ4n) is 3.88. The largest absolute Gasteiger partial charge is 0.0856 e. The second-order valence-electron chi connectivity index (χ2n) is 11.8. The average Bonchev–Trinajstić information content (AvgIpc) is 2.86. The minimum atomic E-state index is 1.07. The van der Waals surface area contributed by atoms with E-state index in [1.54, 1.807) is 0 Å². The van der Waals surface area contributed by atoms with Crippen molar-refractivity contribution >= 4 is 0 Å². The summed E-state index contributed by atoms with van der Waals surface area (Å²) in [6.07, 6.45) is 40.3. The normalized spacial score (nSPS) is 14.7. The van der Waals surface area contributed by atoms with E-state index in [1.807, 2.05) is 0 Å². The van der Waals surface area contributed by atoms with Gasteiger partial charge in [0.15, 0.2) is 0 Å². The zero-order chi connectivity index (χ0) is 30.2. The van der Waals surface area contributed by atoms with Gasteiger partial charge in [-0.2, -0.15) is 0 Å². The fraction of sp³-hybridized carbons (Fsp3) is 0.450. The molecule has 220 valence electrons. The first-order valence-corrected chi connectivity index (χ1v) is 15.3. The van der Waals surface area contributed by atoms with E-state index < -0.39 is 0 Å². The van der Waals surface area contributed by atoms with E-state index in [1.165, 1.54) is 51.0 Å². The van der Waals surface area contributed by atoms with E-state index in [4.69, 9.17) is 0 Å². The van der Waals surface area contributed by atoms with Gasteiger partial charge in [-0.25, -0.2) is 0 Å². The Kier molecular flexibility index (Phi) is 22.3. The van der Waals surface area contributed by atoms with Gasteiger partial charge in [0.05, 0.1) is 0 Å². The lowest BCUT2D eigenvalue weighted by Gasteiger charge is -2.00. The van der Waals surface area contributed by atoms with Crippen LogP contribution >= 0.6 is 0 Å². The van der Waals surface area contributed by atoms with Gasteiger partial charge in [-0.1, -0.05) is 130 Å². The van der Waals surface area contributed by atoms with E-state index in [9.17, 15) is 0 Å². The van der Waals surface area contributed by atoms with Crippen LogP contribution in [0.15, 0.2) is 130 Å². The predicted octanol–water partition coefficient (Wildman–Crippen LogP) is 13.4. The summed E-state index contributed by atoms with van der Waals surface area (Å²) in [7, 11) is 0. The van der Waals surface area contributed by atoms with Crippen LogP contribution in [0.4, 0.5) is 0 Å². The Balaban J connectivity index is 4.48. The highest BCUT2D eigenvalue weighted by atomic mass is 14.0. The summed E-state index contributed by atoms with van der Waals surface area (Å²) in [4.78, 5) is 0. The van der Waals surface area contributed by atoms with Gasteiger partial charge in [0.25, 0.3) is 0 Å². The van der Waals surface area contributed by atoms with Crippen LogP contribution in [0.1, 0.15) is 121 Å². The highest BCUT2D eigenvalue weighted by molar-refractivity contribution is 5.27. The van der Waals surface area contributed by atoms with E-state index in [0.717, 1.165) is 44.9 Å². The topological polar surface area (TPSA) is 0 Å². The molecule has 0 N–H and O–H groups in total. The van der Waals surface area contributed by atoms with Crippen molar-refractivity contribution in [2.24, 2.45) is 0 Å². The third-order valence-corrected chi connectivity index (χ3v) is 6.55. The van der Waals surface area contributed by atoms with Crippen molar-refractivity contribution in [3.8, 4) is 0 Å². The van der Waals surface area contributed by atoms with Crippen LogP contribution < -0.4 is 0 Å². The Bertz CT molecular complexity index is 1050. The van der Waals surface area contributed by atoms with Crippen molar-refractivity contribution in [3.05, 3.63) is 130 Å². The molecule has 0 heteroatoms. The van der Waals surface area contributed by atoms with Crippen molar-refractivity contribution < 1.29 is 0 Å². The molecule has 0 rings (SSSR count). The molecule has 0 aromatic heterocycles. The molecule has 0 unspecified atom stereocenters. The lowest BCUT2D eigenvalue weighted by molar-refractivity contribution is 0.918. The molecule has 0 amide bonds. The first-order valence-electron chi connectivity index (χ1n) is 15.3. The second-order valence-corrected chi connectivity index (χ2v) is 11.8. The predicted molar refractivity (Wildman–Crippen MR) is 186 cm³/mol. The Hall–Kier alpha value is -2.86. The van der Waals surface area contributed by atoms with Gasteiger partial charge >= 0.3 is 0 Å². The van der Waals surface area contributed by atoms with Crippen LogP contribution in [0.25, 0.3) is 0 Å². The smallest absolute Gasteiger partial charge is 0.0285 e. The van der Waals surface area contributed by atoms with E-state index >= 15 is 0 Å². The molecule has 0 aliphatic carbocycles. The number of hydrogen-bond acceptors (Lipinski definition) is 0. The molecule has 0 spiro atoms. The molecule has 0 aromatic rings. The summed E-state index contributed by atoms with van der Waals surface area (Å²) in [5, 5.41) is 0. The summed E-state index contributed by atoms with van der Waals surface area (Å²) in [6.45, 7) is 21.9. The molecule has 0 fully saturated rings. The molecule has 0 heterocycles. The van der Waals surface area contributed by atoms with Crippen LogP contribution in [-0.4, -0.2) is 0 Å². The molecular weight excluding hydrogens is 480 g/mol. The lowest BCUT2D eigenvalue weighted by Crippen LogP contribution is -1.80. The van der Waals surface area contributed by atoms with Gasteiger partial charge in [-0.05, 0) is 121 Å². The second kappa shape index (κ2) is 24.0. The van der Waals surface area contributed by atoms with Gasteiger partial charge in [-0.3, -0.25) is 0 Å². The maximum atomic E-state index is 2.40. The third-order valence-electron chi connectivity index (χ3n) is 6.55. The Morgan fingerprint density at radius 3 is 1.23 bits per heavy atom. The van der Waals surface area contributed by atoms with E-state index in [2.05, 4.69) is 154 Å². The molecule has 0 nitrogen and oxygen atoms in total. The monoisotopic (exact) mass is 540 g/mol. The first-order chi connectivity index (χ1) is 19.0.